The number of nitrogens with one attached hydrogen (secondary N) is 2. The van der Waals surface area contributed by atoms with Gasteiger partial charge in [0.1, 0.15) is 0 Å². The smallest absolute Gasteiger partial charge is 0.190 e. The summed E-state index contributed by atoms with van der Waals surface area (Å²) < 4.78 is 0. The number of hydrogen-bond acceptors (Lipinski definition) is 2. The molecule has 2 N–H and O–H groups in total. The Bertz CT molecular complexity index is 243. The number of aliphatic imine (C=N–C) groups is 1. The van der Waals surface area contributed by atoms with Crippen LogP contribution in [-0.2, 0) is 0 Å². The van der Waals surface area contributed by atoms with Gasteiger partial charge in [0.05, 0.1) is 0 Å². The Kier molecular flexibility index (Phi) is 14.5. The van der Waals surface area contributed by atoms with Crippen molar-refractivity contribution < 1.29 is 0 Å². The molecule has 0 unspecified atom stereocenters. The van der Waals surface area contributed by atoms with Crippen molar-refractivity contribution in [3.63, 3.8) is 0 Å². The van der Waals surface area contributed by atoms with Crippen molar-refractivity contribution in [1.29, 1.82) is 0 Å². The van der Waals surface area contributed by atoms with Crippen LogP contribution in [0.15, 0.2) is 4.99 Å². The van der Waals surface area contributed by atoms with E-state index in [0.29, 0.717) is 0 Å². The first kappa shape index (κ1) is 20.3. The third-order valence-electron chi connectivity index (χ3n) is 3.86. The van der Waals surface area contributed by atoms with Crippen molar-refractivity contribution in [1.82, 2.24) is 10.6 Å². The van der Waals surface area contributed by atoms with E-state index in [9.17, 15) is 0 Å². The molecule has 3 nitrogen and oxygen atoms in total. The topological polar surface area (TPSA) is 36.4 Å². The maximum absolute atomic E-state index is 4.28. The van der Waals surface area contributed by atoms with E-state index in [1.807, 2.05) is 18.8 Å². The van der Waals surface area contributed by atoms with Crippen molar-refractivity contribution >= 4 is 41.7 Å². The molecule has 1 aliphatic carbocycles. The molecule has 0 aliphatic heterocycles. The second-order valence-electron chi connectivity index (χ2n) is 5.42. The fraction of sp³-hybridized carbons (Fsp3) is 0.933. The van der Waals surface area contributed by atoms with Crippen LogP contribution in [0.25, 0.3) is 0 Å². The highest BCUT2D eigenvalue weighted by molar-refractivity contribution is 14.0. The zero-order valence-corrected chi connectivity index (χ0v) is 16.3. The maximum atomic E-state index is 4.28. The van der Waals surface area contributed by atoms with Crippen molar-refractivity contribution in [3.05, 3.63) is 0 Å². The van der Waals surface area contributed by atoms with Gasteiger partial charge in [-0.2, -0.15) is 11.8 Å². The van der Waals surface area contributed by atoms with Crippen LogP contribution in [0.1, 0.15) is 51.4 Å². The fourth-order valence-electron chi connectivity index (χ4n) is 2.67. The molecule has 20 heavy (non-hydrogen) atoms. The number of halogens is 1. The van der Waals surface area contributed by atoms with Crippen LogP contribution >= 0.6 is 35.7 Å². The van der Waals surface area contributed by atoms with E-state index in [4.69, 9.17) is 0 Å². The monoisotopic (exact) mass is 413 g/mol. The average molecular weight is 413 g/mol. The van der Waals surface area contributed by atoms with Crippen molar-refractivity contribution in [2.45, 2.75) is 51.4 Å². The predicted molar refractivity (Wildman–Crippen MR) is 104 cm³/mol. The van der Waals surface area contributed by atoms with Gasteiger partial charge >= 0.3 is 0 Å². The standard InChI is InChI=1S/C15H31N3S.HI/c1-16-15(17-11-6-7-13-19-2)18-12-10-14-8-4-3-5-9-14;/h14H,3-13H2,1-2H3,(H2,16,17,18);1H. The average Bonchev–Trinajstić information content (AvgIpc) is 2.46. The lowest BCUT2D eigenvalue weighted by Crippen LogP contribution is -2.38. The number of nitrogens with zero attached hydrogens (tertiary/aromatic N) is 1. The van der Waals surface area contributed by atoms with Crippen molar-refractivity contribution in [2.24, 2.45) is 10.9 Å². The molecule has 1 saturated carbocycles. The molecule has 1 aliphatic rings. The predicted octanol–water partition coefficient (Wildman–Crippen LogP) is 3.88. The molecular weight excluding hydrogens is 381 g/mol. The Morgan fingerprint density at radius 2 is 1.80 bits per heavy atom. The van der Waals surface area contributed by atoms with Gasteiger partial charge in [-0.15, -0.1) is 24.0 Å². The van der Waals surface area contributed by atoms with E-state index in [0.717, 1.165) is 25.0 Å². The summed E-state index contributed by atoms with van der Waals surface area (Å²) in [6, 6.07) is 0. The Labute approximate surface area is 146 Å². The Morgan fingerprint density at radius 3 is 2.45 bits per heavy atom. The van der Waals surface area contributed by atoms with Crippen LogP contribution in [0.2, 0.25) is 0 Å². The number of hydrogen-bond donors (Lipinski definition) is 2. The molecule has 0 aromatic rings. The minimum absolute atomic E-state index is 0. The summed E-state index contributed by atoms with van der Waals surface area (Å²) in [4.78, 5) is 4.28. The Hall–Kier alpha value is 0.350. The first-order valence-corrected chi connectivity index (χ1v) is 9.19. The van der Waals surface area contributed by atoms with Crippen LogP contribution in [0, 0.1) is 5.92 Å². The quantitative estimate of drug-likeness (QED) is 0.274. The summed E-state index contributed by atoms with van der Waals surface area (Å²) in [6.07, 6.45) is 13.2. The second-order valence-corrected chi connectivity index (χ2v) is 6.40. The molecule has 0 spiro atoms. The van der Waals surface area contributed by atoms with Crippen LogP contribution in [0.3, 0.4) is 0 Å². The highest BCUT2D eigenvalue weighted by Crippen LogP contribution is 2.25. The van der Waals surface area contributed by atoms with Crippen LogP contribution in [0.4, 0.5) is 0 Å². The van der Waals surface area contributed by atoms with Crippen LogP contribution in [0.5, 0.6) is 0 Å². The van der Waals surface area contributed by atoms with E-state index >= 15 is 0 Å². The summed E-state index contributed by atoms with van der Waals surface area (Å²) in [5.41, 5.74) is 0. The minimum Gasteiger partial charge on any atom is -0.356 e. The summed E-state index contributed by atoms with van der Waals surface area (Å²) in [5.74, 6) is 3.18. The molecule has 0 aromatic heterocycles. The van der Waals surface area contributed by atoms with E-state index < -0.39 is 0 Å². The van der Waals surface area contributed by atoms with Crippen LogP contribution in [-0.4, -0.2) is 38.1 Å². The summed E-state index contributed by atoms with van der Waals surface area (Å²) in [5, 5.41) is 6.84. The number of rotatable bonds is 8. The van der Waals surface area contributed by atoms with E-state index in [1.165, 1.54) is 57.1 Å². The zero-order valence-electron chi connectivity index (χ0n) is 13.1. The van der Waals surface area contributed by atoms with Gasteiger partial charge in [0.15, 0.2) is 5.96 Å². The molecule has 5 heteroatoms. The van der Waals surface area contributed by atoms with Gasteiger partial charge in [-0.3, -0.25) is 4.99 Å². The molecule has 0 saturated heterocycles. The van der Waals surface area contributed by atoms with Gasteiger partial charge in [0, 0.05) is 20.1 Å². The van der Waals surface area contributed by atoms with E-state index in [-0.39, 0.29) is 24.0 Å². The van der Waals surface area contributed by atoms with Gasteiger partial charge in [-0.25, -0.2) is 0 Å². The zero-order chi connectivity index (χ0) is 13.8. The summed E-state index contributed by atoms with van der Waals surface area (Å²) in [7, 11) is 1.86. The number of thioether (sulfide) groups is 1. The minimum atomic E-state index is 0. The summed E-state index contributed by atoms with van der Waals surface area (Å²) >= 11 is 1.92. The molecule has 1 rings (SSSR count). The first-order chi connectivity index (χ1) is 9.36. The third kappa shape index (κ3) is 10.1. The highest BCUT2D eigenvalue weighted by atomic mass is 127. The molecular formula is C15H32IN3S. The molecule has 0 atom stereocenters. The van der Waals surface area contributed by atoms with E-state index in [1.54, 1.807) is 0 Å². The normalized spacial score (nSPS) is 16.6. The molecule has 0 aromatic carbocycles. The van der Waals surface area contributed by atoms with Gasteiger partial charge < -0.3 is 10.6 Å². The van der Waals surface area contributed by atoms with Gasteiger partial charge in [-0.1, -0.05) is 32.1 Å². The first-order valence-electron chi connectivity index (χ1n) is 7.80. The van der Waals surface area contributed by atoms with E-state index in [2.05, 4.69) is 21.9 Å². The SMILES string of the molecule is CN=C(NCCCCSC)NCCC1CCCCC1.I. The Balaban J connectivity index is 0.00000361. The fourth-order valence-corrected chi connectivity index (χ4v) is 3.16. The number of guanidine groups is 1. The molecule has 0 radical (unpaired) electrons. The number of unbranched alkanes of at least 4 members (excludes halogenated alkanes) is 1. The largest absolute Gasteiger partial charge is 0.356 e. The van der Waals surface area contributed by atoms with Gasteiger partial charge in [-0.05, 0) is 37.2 Å². The van der Waals surface area contributed by atoms with Gasteiger partial charge in [0.25, 0.3) is 0 Å². The lowest BCUT2D eigenvalue weighted by atomic mass is 9.87. The van der Waals surface area contributed by atoms with Crippen molar-refractivity contribution in [2.75, 3.05) is 32.1 Å². The van der Waals surface area contributed by atoms with Crippen LogP contribution < -0.4 is 10.6 Å². The lowest BCUT2D eigenvalue weighted by molar-refractivity contribution is 0.339. The van der Waals surface area contributed by atoms with Gasteiger partial charge in [0.2, 0.25) is 0 Å². The molecule has 0 bridgehead atoms. The molecule has 1 fully saturated rings. The molecule has 120 valence electrons. The highest BCUT2D eigenvalue weighted by Gasteiger charge is 2.12. The molecule has 0 heterocycles. The second kappa shape index (κ2) is 14.3. The molecule has 0 amide bonds. The van der Waals surface area contributed by atoms with Crippen molar-refractivity contribution in [3.8, 4) is 0 Å². The summed E-state index contributed by atoms with van der Waals surface area (Å²) in [6.45, 7) is 2.10. The lowest BCUT2D eigenvalue weighted by Gasteiger charge is -2.22. The third-order valence-corrected chi connectivity index (χ3v) is 4.56. The Morgan fingerprint density at radius 1 is 1.10 bits per heavy atom. The maximum Gasteiger partial charge on any atom is 0.190 e.